The highest BCUT2D eigenvalue weighted by Gasteiger charge is 2.42. The van der Waals surface area contributed by atoms with Crippen LogP contribution >= 0.6 is 0 Å². The molecule has 0 bridgehead atoms. The summed E-state index contributed by atoms with van der Waals surface area (Å²) in [5.74, 6) is -0.876. The predicted molar refractivity (Wildman–Crippen MR) is 193 cm³/mol. The molecule has 5 rings (SSSR count). The lowest BCUT2D eigenvalue weighted by Crippen LogP contribution is -2.61. The number of methoxy groups -OCH3 is 1. The molecule has 5 N–H and O–H groups in total. The Labute approximate surface area is 295 Å². The van der Waals surface area contributed by atoms with Gasteiger partial charge in [-0.3, -0.25) is 24.1 Å². The average Bonchev–Trinajstić information content (AvgIpc) is 3.08. The van der Waals surface area contributed by atoms with E-state index in [0.29, 0.717) is 30.3 Å². The van der Waals surface area contributed by atoms with Crippen LogP contribution in [0.3, 0.4) is 0 Å². The molecule has 1 saturated carbocycles. The SMILES string of the molecule is CO[C@H](CN1C[C@H]2CCCC[C@H]2C[C@H]1C(=O)NC(C)(C)C)[C@H](Cc1ccccc1)NC(=O)[C@H](CC(N)=O)NC(=O)c1ccc2ccccc2n1. The molecule has 1 aliphatic carbocycles. The Bertz CT molecular complexity index is 1640. The second kappa shape index (κ2) is 16.6. The van der Waals surface area contributed by atoms with E-state index in [1.807, 2.05) is 69.3 Å². The molecule has 0 unspecified atom stereocenters. The van der Waals surface area contributed by atoms with Gasteiger partial charge in [-0.2, -0.15) is 0 Å². The highest BCUT2D eigenvalue weighted by Crippen LogP contribution is 2.39. The lowest BCUT2D eigenvalue weighted by atomic mass is 9.72. The van der Waals surface area contributed by atoms with Crippen molar-refractivity contribution < 1.29 is 23.9 Å². The highest BCUT2D eigenvalue weighted by molar-refractivity contribution is 5.99. The van der Waals surface area contributed by atoms with Crippen molar-refractivity contribution in [1.29, 1.82) is 0 Å². The van der Waals surface area contributed by atoms with Gasteiger partial charge >= 0.3 is 0 Å². The standard InChI is InChI=1S/C39H52N6O5/c1-39(2,3)44-38(49)33-21-27-15-8-9-16-28(27)23-45(33)24-34(50-4)31(20-25-12-6-5-7-13-25)42-37(48)32(22-35(40)46)43-36(47)30-19-18-26-14-10-11-17-29(26)41-30/h5-7,10-14,17-19,27-28,31-34H,8-9,15-16,20-24H2,1-4H3,(H2,40,46)(H,42,48)(H,43,47)(H,44,49)/t27-,28+,31-,32-,33-,34+/m0/s1. The van der Waals surface area contributed by atoms with Gasteiger partial charge in [0, 0.05) is 31.1 Å². The first-order chi connectivity index (χ1) is 23.9. The summed E-state index contributed by atoms with van der Waals surface area (Å²) in [6.45, 7) is 7.15. The Kier molecular flexibility index (Phi) is 12.2. The minimum atomic E-state index is -1.24. The van der Waals surface area contributed by atoms with E-state index in [2.05, 4.69) is 25.8 Å². The third-order valence-corrected chi connectivity index (χ3v) is 9.95. The number of rotatable bonds is 13. The fourth-order valence-corrected chi connectivity index (χ4v) is 7.49. The van der Waals surface area contributed by atoms with Gasteiger partial charge in [0.1, 0.15) is 11.7 Å². The van der Waals surface area contributed by atoms with Gasteiger partial charge in [-0.25, -0.2) is 4.98 Å². The summed E-state index contributed by atoms with van der Waals surface area (Å²) in [4.78, 5) is 59.9. The molecule has 2 heterocycles. The molecule has 1 aliphatic heterocycles. The summed E-state index contributed by atoms with van der Waals surface area (Å²) in [6, 6.07) is 18.4. The molecule has 0 spiro atoms. The van der Waals surface area contributed by atoms with Crippen LogP contribution in [0.1, 0.15) is 75.3 Å². The van der Waals surface area contributed by atoms with Crippen molar-refractivity contribution in [1.82, 2.24) is 25.8 Å². The van der Waals surface area contributed by atoms with Crippen LogP contribution in [0.15, 0.2) is 66.7 Å². The Morgan fingerprint density at radius 3 is 2.34 bits per heavy atom. The number of hydrogen-bond donors (Lipinski definition) is 4. The third kappa shape index (κ3) is 9.88. The summed E-state index contributed by atoms with van der Waals surface area (Å²) in [5.41, 5.74) is 6.92. The zero-order valence-corrected chi connectivity index (χ0v) is 29.7. The molecule has 50 heavy (non-hydrogen) atoms. The zero-order valence-electron chi connectivity index (χ0n) is 29.7. The van der Waals surface area contributed by atoms with Crippen molar-refractivity contribution in [2.24, 2.45) is 17.6 Å². The van der Waals surface area contributed by atoms with Crippen molar-refractivity contribution in [2.75, 3.05) is 20.2 Å². The van der Waals surface area contributed by atoms with Crippen LogP contribution in [0, 0.1) is 11.8 Å². The van der Waals surface area contributed by atoms with Crippen molar-refractivity contribution >= 4 is 34.5 Å². The number of amides is 4. The molecule has 4 amide bonds. The number of primary amides is 1. The molecule has 1 aromatic heterocycles. The second-order valence-electron chi connectivity index (χ2n) is 14.9. The number of likely N-dealkylation sites (tertiary alicyclic amines) is 1. The molecule has 0 radical (unpaired) electrons. The maximum atomic E-state index is 14.0. The van der Waals surface area contributed by atoms with Crippen LogP contribution in [0.4, 0.5) is 0 Å². The average molecular weight is 685 g/mol. The quantitative estimate of drug-likeness (QED) is 0.214. The number of pyridine rings is 1. The van der Waals surface area contributed by atoms with E-state index in [-0.39, 0.29) is 23.2 Å². The van der Waals surface area contributed by atoms with Gasteiger partial charge in [-0.1, -0.05) is 73.9 Å². The third-order valence-electron chi connectivity index (χ3n) is 9.95. The topological polar surface area (TPSA) is 156 Å². The van der Waals surface area contributed by atoms with Crippen LogP contribution in [0.5, 0.6) is 0 Å². The summed E-state index contributed by atoms with van der Waals surface area (Å²) in [6.07, 6.45) is 4.96. The smallest absolute Gasteiger partial charge is 0.270 e. The number of nitrogens with one attached hydrogen (secondary N) is 3. The van der Waals surface area contributed by atoms with Crippen molar-refractivity contribution in [3.8, 4) is 0 Å². The molecule has 11 nitrogen and oxygen atoms in total. The van der Waals surface area contributed by atoms with Crippen LogP contribution in [-0.4, -0.2) is 83.5 Å². The van der Waals surface area contributed by atoms with E-state index in [1.165, 1.54) is 12.8 Å². The number of benzene rings is 2. The van der Waals surface area contributed by atoms with E-state index < -0.39 is 42.3 Å². The zero-order chi connectivity index (χ0) is 35.8. The summed E-state index contributed by atoms with van der Waals surface area (Å²) >= 11 is 0. The lowest BCUT2D eigenvalue weighted by molar-refractivity contribution is -0.133. The van der Waals surface area contributed by atoms with Gasteiger partial charge < -0.3 is 26.4 Å². The van der Waals surface area contributed by atoms with Gasteiger partial charge in [0.15, 0.2) is 0 Å². The number of nitrogens with zero attached hydrogens (tertiary/aromatic N) is 2. The van der Waals surface area contributed by atoms with Crippen LogP contribution in [0.2, 0.25) is 0 Å². The van der Waals surface area contributed by atoms with Crippen molar-refractivity contribution in [2.45, 2.75) is 95.5 Å². The molecule has 11 heteroatoms. The number of hydrogen-bond acceptors (Lipinski definition) is 7. The van der Waals surface area contributed by atoms with Crippen LogP contribution < -0.4 is 21.7 Å². The number of fused-ring (bicyclic) bond motifs is 2. The molecule has 268 valence electrons. The Morgan fingerprint density at radius 2 is 1.64 bits per heavy atom. The Hall–Kier alpha value is -4.35. The minimum absolute atomic E-state index is 0.00607. The van der Waals surface area contributed by atoms with Gasteiger partial charge in [0.25, 0.3) is 5.91 Å². The summed E-state index contributed by atoms with van der Waals surface area (Å²) < 4.78 is 6.13. The lowest BCUT2D eigenvalue weighted by Gasteiger charge is -2.47. The minimum Gasteiger partial charge on any atom is -0.378 e. The van der Waals surface area contributed by atoms with Crippen molar-refractivity contribution in [3.63, 3.8) is 0 Å². The molecule has 1 saturated heterocycles. The molecule has 6 atom stereocenters. The van der Waals surface area contributed by atoms with Gasteiger partial charge in [-0.05, 0) is 69.6 Å². The molecule has 2 aromatic carbocycles. The monoisotopic (exact) mass is 684 g/mol. The van der Waals surface area contributed by atoms with Crippen molar-refractivity contribution in [3.05, 3.63) is 78.0 Å². The van der Waals surface area contributed by atoms with Gasteiger partial charge in [0.2, 0.25) is 17.7 Å². The number of piperidine rings is 1. The fourth-order valence-electron chi connectivity index (χ4n) is 7.49. The predicted octanol–water partition coefficient (Wildman–Crippen LogP) is 3.75. The van der Waals surface area contributed by atoms with Crippen LogP contribution in [-0.2, 0) is 25.5 Å². The summed E-state index contributed by atoms with van der Waals surface area (Å²) in [7, 11) is 1.61. The number of aromatic nitrogens is 1. The van der Waals surface area contributed by atoms with E-state index in [4.69, 9.17) is 10.5 Å². The van der Waals surface area contributed by atoms with Gasteiger partial charge in [0.05, 0.1) is 30.1 Å². The number of ether oxygens (including phenoxy) is 1. The molecule has 2 fully saturated rings. The molecular formula is C39H52N6O5. The van der Waals surface area contributed by atoms with E-state index in [9.17, 15) is 19.2 Å². The number of nitrogens with two attached hydrogens (primary N) is 1. The van der Waals surface area contributed by atoms with E-state index in [1.54, 1.807) is 25.3 Å². The first-order valence-corrected chi connectivity index (χ1v) is 17.8. The fraction of sp³-hybridized carbons (Fsp3) is 0.513. The first kappa shape index (κ1) is 36.9. The summed E-state index contributed by atoms with van der Waals surface area (Å²) in [5, 5.41) is 9.87. The molecular weight excluding hydrogens is 632 g/mol. The first-order valence-electron chi connectivity index (χ1n) is 17.8. The largest absolute Gasteiger partial charge is 0.378 e. The number of para-hydroxylation sites is 1. The molecule has 3 aromatic rings. The maximum absolute atomic E-state index is 14.0. The normalized spacial score (nSPS) is 21.3. The van der Waals surface area contributed by atoms with Gasteiger partial charge in [-0.15, -0.1) is 0 Å². The van der Waals surface area contributed by atoms with E-state index >= 15 is 0 Å². The Morgan fingerprint density at radius 1 is 0.940 bits per heavy atom. The second-order valence-corrected chi connectivity index (χ2v) is 14.9. The number of carbonyl (C=O) groups excluding carboxylic acids is 4. The maximum Gasteiger partial charge on any atom is 0.270 e. The number of carbonyl (C=O) groups is 4. The molecule has 2 aliphatic rings. The Balaban J connectivity index is 1.38. The van der Waals surface area contributed by atoms with E-state index in [0.717, 1.165) is 36.8 Å². The van der Waals surface area contributed by atoms with Crippen LogP contribution in [0.25, 0.3) is 10.9 Å². The highest BCUT2D eigenvalue weighted by atomic mass is 16.5.